The number of hydrogen-bond donors (Lipinski definition) is 1. The second-order valence-corrected chi connectivity index (χ2v) is 4.63. The highest BCUT2D eigenvalue weighted by atomic mass is 16.5. The molecule has 2 rings (SSSR count). The van der Waals surface area contributed by atoms with Crippen LogP contribution in [-0.4, -0.2) is 25.6 Å². The van der Waals surface area contributed by atoms with Gasteiger partial charge in [-0.05, 0) is 36.4 Å². The van der Waals surface area contributed by atoms with Crippen LogP contribution in [0.15, 0.2) is 48.5 Å². The number of ether oxygens (including phenoxy) is 3. The van der Waals surface area contributed by atoms with E-state index in [0.29, 0.717) is 22.9 Å². The number of benzene rings is 2. The van der Waals surface area contributed by atoms with Crippen molar-refractivity contribution in [2.45, 2.75) is 6.92 Å². The minimum atomic E-state index is -0.420. The zero-order valence-corrected chi connectivity index (χ0v) is 12.9. The van der Waals surface area contributed by atoms with Crippen LogP contribution in [0.1, 0.15) is 6.92 Å². The molecule has 0 heterocycles. The van der Waals surface area contributed by atoms with E-state index in [1.54, 1.807) is 55.6 Å². The van der Waals surface area contributed by atoms with Gasteiger partial charge in [0, 0.05) is 18.7 Å². The Morgan fingerprint density at radius 3 is 2.35 bits per heavy atom. The molecule has 6 nitrogen and oxygen atoms in total. The molecular weight excluding hydrogens is 298 g/mol. The van der Waals surface area contributed by atoms with Crippen LogP contribution in [0.4, 0.5) is 5.69 Å². The summed E-state index contributed by atoms with van der Waals surface area (Å²) in [5, 5.41) is 2.67. The lowest BCUT2D eigenvalue weighted by molar-refractivity contribution is -0.131. The van der Waals surface area contributed by atoms with Crippen molar-refractivity contribution in [2.75, 3.05) is 19.0 Å². The predicted octanol–water partition coefficient (Wildman–Crippen LogP) is 2.64. The summed E-state index contributed by atoms with van der Waals surface area (Å²) in [5.74, 6) is 0.905. The van der Waals surface area contributed by atoms with E-state index in [1.165, 1.54) is 6.92 Å². The Hall–Kier alpha value is -3.02. The van der Waals surface area contributed by atoms with E-state index in [0.717, 1.165) is 0 Å². The minimum absolute atomic E-state index is 0.135. The van der Waals surface area contributed by atoms with Crippen molar-refractivity contribution in [3.8, 4) is 17.2 Å². The van der Waals surface area contributed by atoms with E-state index in [-0.39, 0.29) is 12.5 Å². The minimum Gasteiger partial charge on any atom is -0.497 e. The number of methoxy groups -OCH3 is 1. The molecule has 0 unspecified atom stereocenters. The maximum Gasteiger partial charge on any atom is 0.308 e. The first-order valence-electron chi connectivity index (χ1n) is 6.92. The highest BCUT2D eigenvalue weighted by Gasteiger charge is 2.06. The Bertz CT molecular complexity index is 682. The Balaban J connectivity index is 1.87. The molecule has 0 bridgehead atoms. The molecule has 120 valence electrons. The van der Waals surface area contributed by atoms with E-state index in [1.807, 2.05) is 0 Å². The van der Waals surface area contributed by atoms with Crippen LogP contribution < -0.4 is 19.5 Å². The van der Waals surface area contributed by atoms with Gasteiger partial charge >= 0.3 is 5.97 Å². The second-order valence-electron chi connectivity index (χ2n) is 4.63. The molecule has 1 amide bonds. The number of esters is 1. The van der Waals surface area contributed by atoms with Gasteiger partial charge in [0.2, 0.25) is 0 Å². The van der Waals surface area contributed by atoms with E-state index < -0.39 is 5.97 Å². The van der Waals surface area contributed by atoms with E-state index in [9.17, 15) is 9.59 Å². The van der Waals surface area contributed by atoms with E-state index in [4.69, 9.17) is 14.2 Å². The van der Waals surface area contributed by atoms with Gasteiger partial charge in [0.05, 0.1) is 7.11 Å². The fourth-order valence-electron chi connectivity index (χ4n) is 1.82. The van der Waals surface area contributed by atoms with Crippen LogP contribution in [0.5, 0.6) is 17.2 Å². The average molecular weight is 315 g/mol. The van der Waals surface area contributed by atoms with Gasteiger partial charge in [-0.2, -0.15) is 0 Å². The smallest absolute Gasteiger partial charge is 0.308 e. The molecule has 0 atom stereocenters. The van der Waals surface area contributed by atoms with Crippen LogP contribution in [0, 0.1) is 0 Å². The van der Waals surface area contributed by atoms with E-state index in [2.05, 4.69) is 5.32 Å². The summed E-state index contributed by atoms with van der Waals surface area (Å²) in [6, 6.07) is 13.5. The SMILES string of the molecule is COc1ccc(OCC(=O)Nc2cccc(OC(C)=O)c2)cc1. The fraction of sp³-hybridized carbons (Fsp3) is 0.176. The Labute approximate surface area is 134 Å². The number of carbonyl (C=O) groups is 2. The third kappa shape index (κ3) is 5.35. The van der Waals surface area contributed by atoms with E-state index >= 15 is 0 Å². The molecular formula is C17H17NO5. The Morgan fingerprint density at radius 2 is 1.70 bits per heavy atom. The first-order chi connectivity index (χ1) is 11.1. The summed E-state index contributed by atoms with van der Waals surface area (Å²) in [4.78, 5) is 22.8. The molecule has 2 aromatic carbocycles. The van der Waals surface area contributed by atoms with Crippen molar-refractivity contribution in [1.29, 1.82) is 0 Å². The largest absolute Gasteiger partial charge is 0.497 e. The van der Waals surface area contributed by atoms with Crippen LogP contribution in [0.2, 0.25) is 0 Å². The van der Waals surface area contributed by atoms with Gasteiger partial charge in [0.25, 0.3) is 5.91 Å². The Kier molecular flexibility index (Phi) is 5.57. The fourth-order valence-corrected chi connectivity index (χ4v) is 1.82. The molecule has 23 heavy (non-hydrogen) atoms. The normalized spacial score (nSPS) is 9.83. The van der Waals surface area contributed by atoms with Crippen molar-refractivity contribution in [3.63, 3.8) is 0 Å². The standard InChI is InChI=1S/C17H17NO5/c1-12(19)23-16-5-3-4-13(10-16)18-17(20)11-22-15-8-6-14(21-2)7-9-15/h3-10H,11H2,1-2H3,(H,18,20). The molecule has 1 N–H and O–H groups in total. The molecule has 0 radical (unpaired) electrons. The molecule has 2 aromatic rings. The molecule has 0 saturated heterocycles. The first kappa shape index (κ1) is 16.4. The number of hydrogen-bond acceptors (Lipinski definition) is 5. The second kappa shape index (κ2) is 7.84. The van der Waals surface area contributed by atoms with Crippen LogP contribution in [-0.2, 0) is 9.59 Å². The average Bonchev–Trinajstić information content (AvgIpc) is 2.53. The summed E-state index contributed by atoms with van der Waals surface area (Å²) < 4.78 is 15.4. The quantitative estimate of drug-likeness (QED) is 0.655. The van der Waals surface area contributed by atoms with Crippen molar-refractivity contribution >= 4 is 17.6 Å². The third-order valence-electron chi connectivity index (χ3n) is 2.81. The van der Waals surface area contributed by atoms with Gasteiger partial charge in [0.15, 0.2) is 6.61 Å². The van der Waals surface area contributed by atoms with Gasteiger partial charge in [-0.1, -0.05) is 6.07 Å². The highest BCUT2D eigenvalue weighted by molar-refractivity contribution is 5.92. The maximum absolute atomic E-state index is 11.9. The molecule has 0 aromatic heterocycles. The molecule has 0 aliphatic rings. The summed E-state index contributed by atoms with van der Waals surface area (Å²) in [5.41, 5.74) is 0.520. The zero-order chi connectivity index (χ0) is 16.7. The monoisotopic (exact) mass is 315 g/mol. The van der Waals surface area contributed by atoms with Gasteiger partial charge < -0.3 is 19.5 Å². The number of anilines is 1. The molecule has 0 aliphatic heterocycles. The lowest BCUT2D eigenvalue weighted by Gasteiger charge is -2.09. The predicted molar refractivity (Wildman–Crippen MR) is 84.9 cm³/mol. The first-order valence-corrected chi connectivity index (χ1v) is 6.92. The number of amides is 1. The number of carbonyl (C=O) groups excluding carboxylic acids is 2. The van der Waals surface area contributed by atoms with Gasteiger partial charge in [-0.25, -0.2) is 0 Å². The summed E-state index contributed by atoms with van der Waals surface area (Å²) in [6.45, 7) is 1.18. The van der Waals surface area contributed by atoms with Crippen molar-refractivity contribution in [1.82, 2.24) is 0 Å². The summed E-state index contributed by atoms with van der Waals surface area (Å²) in [6.07, 6.45) is 0. The highest BCUT2D eigenvalue weighted by Crippen LogP contribution is 2.18. The van der Waals surface area contributed by atoms with Crippen LogP contribution in [0.3, 0.4) is 0 Å². The number of rotatable bonds is 6. The molecule has 0 saturated carbocycles. The van der Waals surface area contributed by atoms with Crippen molar-refractivity contribution < 1.29 is 23.8 Å². The summed E-state index contributed by atoms with van der Waals surface area (Å²) in [7, 11) is 1.58. The Morgan fingerprint density at radius 1 is 1.00 bits per heavy atom. The molecule has 6 heteroatoms. The zero-order valence-electron chi connectivity index (χ0n) is 12.9. The van der Waals surface area contributed by atoms with Gasteiger partial charge in [-0.15, -0.1) is 0 Å². The van der Waals surface area contributed by atoms with Gasteiger partial charge in [-0.3, -0.25) is 9.59 Å². The summed E-state index contributed by atoms with van der Waals surface area (Å²) >= 11 is 0. The van der Waals surface area contributed by atoms with Crippen molar-refractivity contribution in [3.05, 3.63) is 48.5 Å². The molecule has 0 spiro atoms. The lowest BCUT2D eigenvalue weighted by Crippen LogP contribution is -2.20. The van der Waals surface area contributed by atoms with Crippen LogP contribution in [0.25, 0.3) is 0 Å². The van der Waals surface area contributed by atoms with Gasteiger partial charge in [0.1, 0.15) is 17.2 Å². The molecule has 0 fully saturated rings. The third-order valence-corrected chi connectivity index (χ3v) is 2.81. The van der Waals surface area contributed by atoms with Crippen LogP contribution >= 0.6 is 0 Å². The maximum atomic E-state index is 11.9. The topological polar surface area (TPSA) is 73.9 Å². The molecule has 0 aliphatic carbocycles. The number of nitrogens with one attached hydrogen (secondary N) is 1. The van der Waals surface area contributed by atoms with Crippen molar-refractivity contribution in [2.24, 2.45) is 0 Å². The lowest BCUT2D eigenvalue weighted by atomic mass is 10.3.